The van der Waals surface area contributed by atoms with Gasteiger partial charge in [-0.25, -0.2) is 0 Å². The van der Waals surface area contributed by atoms with Crippen molar-refractivity contribution in [3.8, 4) is 0 Å². The maximum Gasteiger partial charge on any atom is 0.200 e. The summed E-state index contributed by atoms with van der Waals surface area (Å²) in [5, 5.41) is 0. The van der Waals surface area contributed by atoms with E-state index in [2.05, 4.69) is 48.5 Å². The first kappa shape index (κ1) is 20.2. The highest BCUT2D eigenvalue weighted by molar-refractivity contribution is 6.77. The van der Waals surface area contributed by atoms with Gasteiger partial charge in [0.05, 0.1) is 6.10 Å². The molecular formula is C18H35ClO2Si. The monoisotopic (exact) mass is 346 g/mol. The summed E-state index contributed by atoms with van der Waals surface area (Å²) in [7, 11) is -2.01. The molecule has 0 N–H and O–H groups in total. The van der Waals surface area contributed by atoms with Crippen LogP contribution in [0.5, 0.6) is 0 Å². The van der Waals surface area contributed by atoms with Gasteiger partial charge in [-0.05, 0) is 35.9 Å². The van der Waals surface area contributed by atoms with Crippen LogP contribution < -0.4 is 0 Å². The van der Waals surface area contributed by atoms with Crippen LogP contribution in [0, 0.1) is 0 Å². The smallest absolute Gasteiger partial charge is 0.200 e. The number of ketones is 1. The SMILES string of the molecule is CC[C@H](O[Si](C(C)C)(C(C)C)C(C)C)[C@@]1(Cl)CCCCC1=O. The van der Waals surface area contributed by atoms with Gasteiger partial charge in [-0.15, -0.1) is 11.6 Å². The van der Waals surface area contributed by atoms with Gasteiger partial charge in [0.2, 0.25) is 8.32 Å². The molecule has 1 fully saturated rings. The van der Waals surface area contributed by atoms with Crippen LogP contribution in [0.15, 0.2) is 0 Å². The summed E-state index contributed by atoms with van der Waals surface area (Å²) in [6.45, 7) is 15.8. The summed E-state index contributed by atoms with van der Waals surface area (Å²) in [5.74, 6) is 0.200. The van der Waals surface area contributed by atoms with Gasteiger partial charge in [0, 0.05) is 6.42 Å². The van der Waals surface area contributed by atoms with E-state index in [-0.39, 0.29) is 11.9 Å². The highest BCUT2D eigenvalue weighted by Crippen LogP contribution is 2.46. The molecule has 0 aliphatic heterocycles. The molecule has 0 aromatic rings. The Hall–Kier alpha value is 0.137. The third-order valence-corrected chi connectivity index (χ3v) is 12.3. The van der Waals surface area contributed by atoms with Crippen molar-refractivity contribution in [1.82, 2.24) is 0 Å². The van der Waals surface area contributed by atoms with Crippen molar-refractivity contribution >= 4 is 25.7 Å². The molecule has 130 valence electrons. The van der Waals surface area contributed by atoms with Crippen LogP contribution in [0.1, 0.15) is 80.6 Å². The van der Waals surface area contributed by atoms with E-state index in [0.717, 1.165) is 25.7 Å². The average molecular weight is 347 g/mol. The number of carbonyl (C=O) groups is 1. The van der Waals surface area contributed by atoms with Gasteiger partial charge in [-0.1, -0.05) is 54.9 Å². The molecule has 2 nitrogen and oxygen atoms in total. The van der Waals surface area contributed by atoms with Crippen LogP contribution in [-0.2, 0) is 9.22 Å². The van der Waals surface area contributed by atoms with Gasteiger partial charge in [0.1, 0.15) is 4.87 Å². The minimum absolute atomic E-state index is 0.138. The summed E-state index contributed by atoms with van der Waals surface area (Å²) in [6.07, 6.45) is 4.07. The minimum atomic E-state index is -2.01. The zero-order valence-electron chi connectivity index (χ0n) is 15.5. The number of halogens is 1. The van der Waals surface area contributed by atoms with Gasteiger partial charge in [0.15, 0.2) is 5.78 Å². The second-order valence-electron chi connectivity index (χ2n) is 7.83. The minimum Gasteiger partial charge on any atom is -0.411 e. The highest BCUT2D eigenvalue weighted by Gasteiger charge is 2.52. The van der Waals surface area contributed by atoms with Crippen molar-refractivity contribution in [2.75, 3.05) is 0 Å². The Bertz CT molecular complexity index is 360. The summed E-state index contributed by atoms with van der Waals surface area (Å²) < 4.78 is 6.87. The number of hydrogen-bond donors (Lipinski definition) is 0. The fourth-order valence-electron chi connectivity index (χ4n) is 4.51. The topological polar surface area (TPSA) is 26.3 Å². The molecule has 1 aliphatic rings. The van der Waals surface area contributed by atoms with Crippen LogP contribution in [0.4, 0.5) is 0 Å². The van der Waals surface area contributed by atoms with Crippen LogP contribution in [0.2, 0.25) is 16.6 Å². The van der Waals surface area contributed by atoms with Gasteiger partial charge < -0.3 is 4.43 Å². The lowest BCUT2D eigenvalue weighted by Crippen LogP contribution is -2.57. The maximum atomic E-state index is 12.5. The molecule has 0 spiro atoms. The first-order valence-electron chi connectivity index (χ1n) is 9.02. The van der Waals surface area contributed by atoms with Gasteiger partial charge in [-0.3, -0.25) is 4.79 Å². The van der Waals surface area contributed by atoms with Gasteiger partial charge in [-0.2, -0.15) is 0 Å². The third kappa shape index (κ3) is 3.62. The van der Waals surface area contributed by atoms with Gasteiger partial charge >= 0.3 is 0 Å². The van der Waals surface area contributed by atoms with E-state index in [1.54, 1.807) is 0 Å². The van der Waals surface area contributed by atoms with Crippen molar-refractivity contribution in [2.24, 2.45) is 0 Å². The number of rotatable bonds is 7. The first-order chi connectivity index (χ1) is 10.1. The Morgan fingerprint density at radius 2 is 1.59 bits per heavy atom. The molecule has 2 atom stereocenters. The number of hydrogen-bond acceptors (Lipinski definition) is 2. The van der Waals surface area contributed by atoms with E-state index in [1.807, 2.05) is 0 Å². The summed E-state index contributed by atoms with van der Waals surface area (Å²) in [5.41, 5.74) is 1.54. The number of Topliss-reactive ketones (excluding diaryl/α,β-unsaturated/α-hetero) is 1. The standard InChI is InChI=1S/C18H35ClO2Si/c1-8-17(18(19)12-10-9-11-16(18)20)21-22(13(2)3,14(4)5)15(6)7/h13-15,17H,8-12H2,1-7H3/t17-,18+/m0/s1. The van der Waals surface area contributed by atoms with Crippen molar-refractivity contribution in [1.29, 1.82) is 0 Å². The molecular weight excluding hydrogens is 312 g/mol. The Balaban J connectivity index is 3.15. The van der Waals surface area contributed by atoms with E-state index < -0.39 is 13.2 Å². The predicted molar refractivity (Wildman–Crippen MR) is 98.3 cm³/mol. The summed E-state index contributed by atoms with van der Waals surface area (Å²) in [6, 6.07) is 0. The Morgan fingerprint density at radius 1 is 1.09 bits per heavy atom. The fraction of sp³-hybridized carbons (Fsp3) is 0.944. The molecule has 0 heterocycles. The Morgan fingerprint density at radius 3 is 1.95 bits per heavy atom. The number of alkyl halides is 1. The molecule has 0 amide bonds. The van der Waals surface area contributed by atoms with Crippen LogP contribution in [-0.4, -0.2) is 25.1 Å². The van der Waals surface area contributed by atoms with Crippen LogP contribution in [0.3, 0.4) is 0 Å². The highest BCUT2D eigenvalue weighted by atomic mass is 35.5. The lowest BCUT2D eigenvalue weighted by molar-refractivity contribution is -0.126. The molecule has 0 aromatic heterocycles. The second kappa shape index (κ2) is 7.81. The normalized spacial score (nSPS) is 25.3. The molecule has 0 bridgehead atoms. The maximum absolute atomic E-state index is 12.5. The predicted octanol–water partition coefficient (Wildman–Crippen LogP) is 6.08. The van der Waals surface area contributed by atoms with Crippen molar-refractivity contribution in [3.05, 3.63) is 0 Å². The zero-order valence-corrected chi connectivity index (χ0v) is 17.3. The largest absolute Gasteiger partial charge is 0.411 e. The first-order valence-corrected chi connectivity index (χ1v) is 11.5. The van der Waals surface area contributed by atoms with E-state index in [0.29, 0.717) is 23.0 Å². The number of carbonyl (C=O) groups excluding carboxylic acids is 1. The van der Waals surface area contributed by atoms with Crippen molar-refractivity contribution < 1.29 is 9.22 Å². The Labute approximate surface area is 143 Å². The van der Waals surface area contributed by atoms with Crippen LogP contribution in [0.25, 0.3) is 0 Å². The van der Waals surface area contributed by atoms with Gasteiger partial charge in [0.25, 0.3) is 0 Å². The molecule has 0 aromatic carbocycles. The molecule has 0 saturated heterocycles. The quantitative estimate of drug-likeness (QED) is 0.412. The Kier molecular flexibility index (Phi) is 7.16. The van der Waals surface area contributed by atoms with Crippen molar-refractivity contribution in [2.45, 2.75) is 108 Å². The molecule has 0 radical (unpaired) electrons. The molecule has 1 aliphatic carbocycles. The van der Waals surface area contributed by atoms with E-state index in [1.165, 1.54) is 0 Å². The summed E-state index contributed by atoms with van der Waals surface area (Å²) in [4.78, 5) is 11.7. The van der Waals surface area contributed by atoms with E-state index >= 15 is 0 Å². The molecule has 22 heavy (non-hydrogen) atoms. The molecule has 0 unspecified atom stereocenters. The lowest BCUT2D eigenvalue weighted by Gasteiger charge is -2.48. The third-order valence-electron chi connectivity index (χ3n) is 5.59. The van der Waals surface area contributed by atoms with Crippen LogP contribution >= 0.6 is 11.6 Å². The van der Waals surface area contributed by atoms with E-state index in [9.17, 15) is 4.79 Å². The van der Waals surface area contributed by atoms with Crippen molar-refractivity contribution in [3.63, 3.8) is 0 Å². The lowest BCUT2D eigenvalue weighted by atomic mass is 9.82. The summed E-state index contributed by atoms with van der Waals surface area (Å²) >= 11 is 6.86. The molecule has 4 heteroatoms. The molecule has 1 saturated carbocycles. The molecule has 1 rings (SSSR count). The average Bonchev–Trinajstić information content (AvgIpc) is 2.42. The zero-order chi connectivity index (χ0) is 17.1. The second-order valence-corrected chi connectivity index (χ2v) is 13.9. The van der Waals surface area contributed by atoms with E-state index in [4.69, 9.17) is 16.0 Å². The fourth-order valence-corrected chi connectivity index (χ4v) is 10.7.